The van der Waals surface area contributed by atoms with Crippen molar-refractivity contribution in [3.63, 3.8) is 0 Å². The van der Waals surface area contributed by atoms with Crippen LogP contribution >= 0.6 is 0 Å². The summed E-state index contributed by atoms with van der Waals surface area (Å²) in [5, 5.41) is 19.5. The second kappa shape index (κ2) is 4.92. The van der Waals surface area contributed by atoms with Crippen molar-refractivity contribution in [3.05, 3.63) is 22.7 Å². The highest BCUT2D eigenvalue weighted by Crippen LogP contribution is 2.46. The van der Waals surface area contributed by atoms with Crippen molar-refractivity contribution in [1.82, 2.24) is 9.55 Å². The van der Waals surface area contributed by atoms with Gasteiger partial charge >= 0.3 is 5.69 Å². The summed E-state index contributed by atoms with van der Waals surface area (Å²) in [4.78, 5) is 15.5. The molecule has 0 aliphatic carbocycles. The molecule has 1 saturated heterocycles. The van der Waals surface area contributed by atoms with E-state index in [4.69, 9.17) is 10.5 Å². The maximum Gasteiger partial charge on any atom is 0.351 e. The summed E-state index contributed by atoms with van der Waals surface area (Å²) in [5.74, 6) is 0.136. The standard InChI is InChI=1S/C12H19N3O4/c1-3-12(2)9(17)7(6-16)19-10(12)15-5-4-8(13)14-11(15)18/h4-5,7,9-10,16-17H,3,6H2,1-2H3,(H2,13,14,18). The van der Waals surface area contributed by atoms with Gasteiger partial charge in [0.25, 0.3) is 0 Å². The first-order valence-corrected chi connectivity index (χ1v) is 6.23. The monoisotopic (exact) mass is 269 g/mol. The Bertz CT molecular complexity index is 518. The van der Waals surface area contributed by atoms with Gasteiger partial charge in [0.1, 0.15) is 18.1 Å². The predicted octanol–water partition coefficient (Wildman–Crippen LogP) is -0.508. The highest BCUT2D eigenvalue weighted by molar-refractivity contribution is 5.23. The van der Waals surface area contributed by atoms with Gasteiger partial charge in [0.15, 0.2) is 0 Å². The van der Waals surface area contributed by atoms with Crippen molar-refractivity contribution >= 4 is 5.82 Å². The average Bonchev–Trinajstić information content (AvgIpc) is 2.63. The molecular formula is C12H19N3O4. The molecule has 4 unspecified atom stereocenters. The zero-order valence-electron chi connectivity index (χ0n) is 11.0. The molecule has 2 heterocycles. The number of nitrogens with two attached hydrogens (primary N) is 1. The average molecular weight is 269 g/mol. The smallest absolute Gasteiger partial charge is 0.351 e. The summed E-state index contributed by atoms with van der Waals surface area (Å²) in [5.41, 5.74) is 4.25. The van der Waals surface area contributed by atoms with Crippen LogP contribution in [0.3, 0.4) is 0 Å². The predicted molar refractivity (Wildman–Crippen MR) is 68.3 cm³/mol. The third kappa shape index (κ3) is 2.13. The Labute approximate surface area is 110 Å². The number of nitrogen functional groups attached to an aromatic ring is 1. The fourth-order valence-electron chi connectivity index (χ4n) is 2.48. The number of aliphatic hydroxyl groups excluding tert-OH is 2. The lowest BCUT2D eigenvalue weighted by Gasteiger charge is -2.32. The first-order chi connectivity index (χ1) is 8.93. The minimum Gasteiger partial charge on any atom is -0.394 e. The number of anilines is 1. The molecule has 106 valence electrons. The van der Waals surface area contributed by atoms with Crippen molar-refractivity contribution < 1.29 is 14.9 Å². The molecule has 1 fully saturated rings. The Morgan fingerprint density at radius 3 is 2.84 bits per heavy atom. The summed E-state index contributed by atoms with van der Waals surface area (Å²) >= 11 is 0. The van der Waals surface area contributed by atoms with Crippen LogP contribution in [0, 0.1) is 5.41 Å². The van der Waals surface area contributed by atoms with Crippen LogP contribution in [-0.4, -0.2) is 38.6 Å². The van der Waals surface area contributed by atoms with Crippen molar-refractivity contribution in [3.8, 4) is 0 Å². The third-order valence-corrected chi connectivity index (χ3v) is 3.94. The lowest BCUT2D eigenvalue weighted by Crippen LogP contribution is -2.40. The molecule has 1 aliphatic heterocycles. The lowest BCUT2D eigenvalue weighted by molar-refractivity contribution is -0.0554. The van der Waals surface area contributed by atoms with E-state index in [0.717, 1.165) is 0 Å². The van der Waals surface area contributed by atoms with Crippen LogP contribution < -0.4 is 11.4 Å². The van der Waals surface area contributed by atoms with E-state index in [2.05, 4.69) is 4.98 Å². The largest absolute Gasteiger partial charge is 0.394 e. The minimum absolute atomic E-state index is 0.136. The molecule has 0 saturated carbocycles. The van der Waals surface area contributed by atoms with E-state index in [0.29, 0.717) is 6.42 Å². The van der Waals surface area contributed by atoms with E-state index >= 15 is 0 Å². The van der Waals surface area contributed by atoms with Crippen molar-refractivity contribution in [2.24, 2.45) is 5.41 Å². The maximum atomic E-state index is 11.9. The fraction of sp³-hybridized carbons (Fsp3) is 0.667. The molecule has 7 nitrogen and oxygen atoms in total. The Morgan fingerprint density at radius 1 is 1.63 bits per heavy atom. The second-order valence-electron chi connectivity index (χ2n) is 5.06. The van der Waals surface area contributed by atoms with Gasteiger partial charge in [-0.2, -0.15) is 4.98 Å². The van der Waals surface area contributed by atoms with Gasteiger partial charge in [-0.3, -0.25) is 4.57 Å². The second-order valence-corrected chi connectivity index (χ2v) is 5.06. The Kier molecular flexibility index (Phi) is 3.62. The number of ether oxygens (including phenoxy) is 1. The van der Waals surface area contributed by atoms with Crippen LogP contribution in [0.1, 0.15) is 26.5 Å². The quantitative estimate of drug-likeness (QED) is 0.681. The van der Waals surface area contributed by atoms with Crippen LogP contribution in [0.15, 0.2) is 17.1 Å². The molecule has 4 atom stereocenters. The normalized spacial score (nSPS) is 34.6. The molecular weight excluding hydrogens is 250 g/mol. The van der Waals surface area contributed by atoms with Crippen LogP contribution in [0.5, 0.6) is 0 Å². The highest BCUT2D eigenvalue weighted by Gasteiger charge is 2.52. The number of rotatable bonds is 3. The van der Waals surface area contributed by atoms with Gasteiger partial charge in [0.2, 0.25) is 0 Å². The van der Waals surface area contributed by atoms with Crippen LogP contribution in [0.4, 0.5) is 5.82 Å². The zero-order valence-corrected chi connectivity index (χ0v) is 11.0. The van der Waals surface area contributed by atoms with Crippen LogP contribution in [0.25, 0.3) is 0 Å². The summed E-state index contributed by atoms with van der Waals surface area (Å²) in [6.07, 6.45) is -0.149. The van der Waals surface area contributed by atoms with Gasteiger partial charge in [0.05, 0.1) is 12.7 Å². The van der Waals surface area contributed by atoms with Gasteiger partial charge in [-0.05, 0) is 12.5 Å². The molecule has 0 bridgehead atoms. The number of hydrogen-bond acceptors (Lipinski definition) is 6. The van der Waals surface area contributed by atoms with Gasteiger partial charge in [-0.15, -0.1) is 0 Å². The van der Waals surface area contributed by atoms with Crippen LogP contribution in [0.2, 0.25) is 0 Å². The Balaban J connectivity index is 2.45. The first-order valence-electron chi connectivity index (χ1n) is 6.23. The summed E-state index contributed by atoms with van der Waals surface area (Å²) in [7, 11) is 0. The molecule has 1 aromatic heterocycles. The van der Waals surface area contributed by atoms with Gasteiger partial charge in [0, 0.05) is 11.6 Å². The fourth-order valence-corrected chi connectivity index (χ4v) is 2.48. The van der Waals surface area contributed by atoms with Gasteiger partial charge in [-0.1, -0.05) is 13.8 Å². The van der Waals surface area contributed by atoms with Crippen molar-refractivity contribution in [2.45, 2.75) is 38.7 Å². The van der Waals surface area contributed by atoms with E-state index in [1.54, 1.807) is 0 Å². The van der Waals surface area contributed by atoms with E-state index in [1.165, 1.54) is 16.8 Å². The number of nitrogens with zero attached hydrogens (tertiary/aromatic N) is 2. The third-order valence-electron chi connectivity index (χ3n) is 3.94. The number of hydrogen-bond donors (Lipinski definition) is 3. The molecule has 0 amide bonds. The SMILES string of the molecule is CCC1(C)C(O)C(CO)OC1n1ccc(N)nc1=O. The van der Waals surface area contributed by atoms with Gasteiger partial charge in [-0.25, -0.2) is 4.79 Å². The van der Waals surface area contributed by atoms with Crippen molar-refractivity contribution in [1.29, 1.82) is 0 Å². The molecule has 0 aromatic carbocycles. The zero-order chi connectivity index (χ0) is 14.2. The van der Waals surface area contributed by atoms with Crippen molar-refractivity contribution in [2.75, 3.05) is 12.3 Å². The number of aliphatic hydroxyl groups is 2. The Morgan fingerprint density at radius 2 is 2.32 bits per heavy atom. The summed E-state index contributed by atoms with van der Waals surface area (Å²) < 4.78 is 6.92. The molecule has 0 spiro atoms. The number of aromatic nitrogens is 2. The van der Waals surface area contributed by atoms with E-state index in [1.807, 2.05) is 13.8 Å². The first kappa shape index (κ1) is 14.0. The lowest BCUT2D eigenvalue weighted by atomic mass is 9.80. The van der Waals surface area contributed by atoms with E-state index in [-0.39, 0.29) is 12.4 Å². The molecule has 7 heteroatoms. The topological polar surface area (TPSA) is 111 Å². The minimum atomic E-state index is -0.850. The van der Waals surface area contributed by atoms with E-state index in [9.17, 15) is 15.0 Å². The molecule has 4 N–H and O–H groups in total. The van der Waals surface area contributed by atoms with E-state index < -0.39 is 29.5 Å². The molecule has 19 heavy (non-hydrogen) atoms. The maximum absolute atomic E-state index is 11.9. The molecule has 2 rings (SSSR count). The Hall–Kier alpha value is -1.44. The molecule has 1 aliphatic rings. The van der Waals surface area contributed by atoms with Crippen LogP contribution in [-0.2, 0) is 4.74 Å². The molecule has 0 radical (unpaired) electrons. The summed E-state index contributed by atoms with van der Waals surface area (Å²) in [6.45, 7) is 3.42. The highest BCUT2D eigenvalue weighted by atomic mass is 16.5. The van der Waals surface area contributed by atoms with Gasteiger partial charge < -0.3 is 20.7 Å². The summed E-state index contributed by atoms with van der Waals surface area (Å²) in [6, 6.07) is 1.50. The molecule has 1 aromatic rings.